The van der Waals surface area contributed by atoms with Gasteiger partial charge in [-0.1, -0.05) is 37.1 Å². The maximum Gasteiger partial charge on any atom is 0.280 e. The molecule has 116 valence electrons. The zero-order chi connectivity index (χ0) is 14.9. The van der Waals surface area contributed by atoms with Crippen LogP contribution in [0.5, 0.6) is 0 Å². The van der Waals surface area contributed by atoms with Gasteiger partial charge in [-0.2, -0.15) is 17.4 Å². The van der Waals surface area contributed by atoms with E-state index in [1.54, 1.807) is 0 Å². The van der Waals surface area contributed by atoms with Crippen LogP contribution in [0.25, 0.3) is 0 Å². The van der Waals surface area contributed by atoms with Gasteiger partial charge in [-0.05, 0) is 30.4 Å². The fourth-order valence-electron chi connectivity index (χ4n) is 3.19. The lowest BCUT2D eigenvalue weighted by Gasteiger charge is -2.33. The van der Waals surface area contributed by atoms with Gasteiger partial charge in [0.15, 0.2) is 0 Å². The zero-order valence-corrected chi connectivity index (χ0v) is 12.8. The quantitative estimate of drug-likeness (QED) is 0.881. The highest BCUT2D eigenvalue weighted by Crippen LogP contribution is 2.23. The first-order valence-corrected chi connectivity index (χ1v) is 9.02. The van der Waals surface area contributed by atoms with E-state index >= 15 is 0 Å². The van der Waals surface area contributed by atoms with Gasteiger partial charge >= 0.3 is 0 Å². The highest BCUT2D eigenvalue weighted by Gasteiger charge is 2.32. The second-order valence-electron chi connectivity index (χ2n) is 5.93. The number of hydrogen-bond donors (Lipinski definition) is 2. The summed E-state index contributed by atoms with van der Waals surface area (Å²) in [6.45, 7) is 0.906. The van der Waals surface area contributed by atoms with Gasteiger partial charge in [0.2, 0.25) is 0 Å². The van der Waals surface area contributed by atoms with Crippen LogP contribution in [0.15, 0.2) is 24.3 Å². The number of rotatable bonds is 3. The van der Waals surface area contributed by atoms with Crippen molar-refractivity contribution in [1.82, 2.24) is 9.03 Å². The second kappa shape index (κ2) is 6.04. The van der Waals surface area contributed by atoms with Gasteiger partial charge in [0, 0.05) is 19.1 Å². The van der Waals surface area contributed by atoms with Crippen LogP contribution >= 0.6 is 0 Å². The number of aliphatic hydroxyl groups excluding tert-OH is 1. The minimum absolute atomic E-state index is 0.346. The molecule has 0 radical (unpaired) electrons. The van der Waals surface area contributed by atoms with Crippen molar-refractivity contribution < 1.29 is 13.5 Å². The molecule has 1 heterocycles. The van der Waals surface area contributed by atoms with Crippen LogP contribution in [-0.2, 0) is 23.2 Å². The molecule has 3 rings (SSSR count). The van der Waals surface area contributed by atoms with E-state index in [0.29, 0.717) is 25.9 Å². The van der Waals surface area contributed by atoms with Crippen molar-refractivity contribution >= 4 is 10.2 Å². The first-order chi connectivity index (χ1) is 10.1. The summed E-state index contributed by atoms with van der Waals surface area (Å²) in [5.74, 6) is 0. The van der Waals surface area contributed by atoms with Gasteiger partial charge in [0.25, 0.3) is 10.2 Å². The van der Waals surface area contributed by atoms with Gasteiger partial charge in [-0.15, -0.1) is 0 Å². The normalized spacial score (nSPS) is 27.3. The average Bonchev–Trinajstić information content (AvgIpc) is 2.49. The number of fused-ring (bicyclic) bond motifs is 1. The first kappa shape index (κ1) is 15.0. The third-order valence-electron chi connectivity index (χ3n) is 4.47. The minimum Gasteiger partial charge on any atom is -0.391 e. The Morgan fingerprint density at radius 3 is 2.62 bits per heavy atom. The second-order valence-corrected chi connectivity index (χ2v) is 7.64. The fourth-order valence-corrected chi connectivity index (χ4v) is 4.64. The maximum atomic E-state index is 12.5. The van der Waals surface area contributed by atoms with Crippen molar-refractivity contribution in [3.8, 4) is 0 Å². The van der Waals surface area contributed by atoms with E-state index in [1.165, 1.54) is 9.87 Å². The maximum absolute atomic E-state index is 12.5. The van der Waals surface area contributed by atoms with E-state index in [1.807, 2.05) is 18.2 Å². The summed E-state index contributed by atoms with van der Waals surface area (Å²) in [6.07, 6.45) is 3.50. The highest BCUT2D eigenvalue weighted by atomic mass is 32.2. The summed E-state index contributed by atoms with van der Waals surface area (Å²) >= 11 is 0. The molecule has 1 aliphatic heterocycles. The molecule has 1 aliphatic carbocycles. The third kappa shape index (κ3) is 3.29. The van der Waals surface area contributed by atoms with Crippen molar-refractivity contribution in [2.24, 2.45) is 0 Å². The first-order valence-electron chi connectivity index (χ1n) is 7.58. The number of nitrogens with zero attached hydrogens (tertiary/aromatic N) is 1. The monoisotopic (exact) mass is 310 g/mol. The fraction of sp³-hybridized carbons (Fsp3) is 0.600. The molecule has 1 fully saturated rings. The smallest absolute Gasteiger partial charge is 0.280 e. The summed E-state index contributed by atoms with van der Waals surface area (Å²) in [5.41, 5.74) is 2.29. The summed E-state index contributed by atoms with van der Waals surface area (Å²) in [4.78, 5) is 0. The lowest BCUT2D eigenvalue weighted by atomic mass is 9.93. The van der Waals surface area contributed by atoms with E-state index in [9.17, 15) is 13.5 Å². The molecule has 21 heavy (non-hydrogen) atoms. The molecule has 0 saturated heterocycles. The Morgan fingerprint density at radius 1 is 1.14 bits per heavy atom. The molecule has 2 atom stereocenters. The number of hydrogen-bond acceptors (Lipinski definition) is 3. The molecule has 5 nitrogen and oxygen atoms in total. The van der Waals surface area contributed by atoms with Crippen LogP contribution in [0.4, 0.5) is 0 Å². The van der Waals surface area contributed by atoms with Crippen LogP contribution < -0.4 is 4.72 Å². The van der Waals surface area contributed by atoms with E-state index in [0.717, 1.165) is 24.8 Å². The molecule has 1 aromatic carbocycles. The van der Waals surface area contributed by atoms with Gasteiger partial charge < -0.3 is 5.11 Å². The molecule has 6 heteroatoms. The molecule has 0 aromatic heterocycles. The van der Waals surface area contributed by atoms with Gasteiger partial charge in [0.1, 0.15) is 0 Å². The van der Waals surface area contributed by atoms with Crippen LogP contribution in [0, 0.1) is 0 Å². The molecule has 2 unspecified atom stereocenters. The van der Waals surface area contributed by atoms with E-state index in [-0.39, 0.29) is 6.04 Å². The standard InChI is InChI=1S/C15H22N2O3S/c18-15-8-4-3-7-14(15)16-21(19,20)17-10-9-12-5-1-2-6-13(12)11-17/h1-2,5-6,14-16,18H,3-4,7-11H2. The van der Waals surface area contributed by atoms with E-state index < -0.39 is 16.3 Å². The summed E-state index contributed by atoms with van der Waals surface area (Å²) in [6, 6.07) is 7.61. The molecular weight excluding hydrogens is 288 g/mol. The van der Waals surface area contributed by atoms with E-state index in [4.69, 9.17) is 0 Å². The zero-order valence-electron chi connectivity index (χ0n) is 12.0. The average molecular weight is 310 g/mol. The summed E-state index contributed by atoms with van der Waals surface area (Å²) < 4.78 is 29.2. The Kier molecular flexibility index (Phi) is 4.31. The third-order valence-corrected chi connectivity index (χ3v) is 6.06. The van der Waals surface area contributed by atoms with E-state index in [2.05, 4.69) is 10.8 Å². The summed E-state index contributed by atoms with van der Waals surface area (Å²) in [7, 11) is -3.54. The van der Waals surface area contributed by atoms with Crippen molar-refractivity contribution in [3.63, 3.8) is 0 Å². The van der Waals surface area contributed by atoms with Gasteiger partial charge in [0.05, 0.1) is 6.10 Å². The molecule has 2 N–H and O–H groups in total. The largest absolute Gasteiger partial charge is 0.391 e. The Labute approximate surface area is 126 Å². The van der Waals surface area contributed by atoms with Gasteiger partial charge in [-0.3, -0.25) is 0 Å². The molecule has 0 amide bonds. The molecule has 0 bridgehead atoms. The van der Waals surface area contributed by atoms with Crippen molar-refractivity contribution in [2.75, 3.05) is 6.54 Å². The highest BCUT2D eigenvalue weighted by molar-refractivity contribution is 7.87. The predicted octanol–water partition coefficient (Wildman–Crippen LogP) is 1.18. The molecule has 2 aliphatic rings. The molecule has 1 aromatic rings. The molecule has 0 spiro atoms. The van der Waals surface area contributed by atoms with Crippen LogP contribution in [0.2, 0.25) is 0 Å². The lowest BCUT2D eigenvalue weighted by molar-refractivity contribution is 0.100. The van der Waals surface area contributed by atoms with Gasteiger partial charge in [-0.25, -0.2) is 0 Å². The Morgan fingerprint density at radius 2 is 1.86 bits per heavy atom. The Bertz CT molecular complexity index is 603. The predicted molar refractivity (Wildman–Crippen MR) is 80.9 cm³/mol. The number of aliphatic hydroxyl groups is 1. The van der Waals surface area contributed by atoms with Crippen molar-refractivity contribution in [3.05, 3.63) is 35.4 Å². The number of benzene rings is 1. The van der Waals surface area contributed by atoms with Crippen molar-refractivity contribution in [1.29, 1.82) is 0 Å². The molecular formula is C15H22N2O3S. The van der Waals surface area contributed by atoms with Crippen LogP contribution in [0.3, 0.4) is 0 Å². The molecule has 1 saturated carbocycles. The van der Waals surface area contributed by atoms with Crippen LogP contribution in [0.1, 0.15) is 36.8 Å². The van der Waals surface area contributed by atoms with Crippen LogP contribution in [-0.4, -0.2) is 36.5 Å². The summed E-state index contributed by atoms with van der Waals surface area (Å²) in [5, 5.41) is 9.94. The number of nitrogens with one attached hydrogen (secondary N) is 1. The Balaban J connectivity index is 1.71. The lowest BCUT2D eigenvalue weighted by Crippen LogP contribution is -2.51. The SMILES string of the molecule is O=S(=O)(NC1CCCCC1O)N1CCc2ccccc2C1. The Hall–Kier alpha value is -0.950. The topological polar surface area (TPSA) is 69.6 Å². The van der Waals surface area contributed by atoms with Crippen molar-refractivity contribution in [2.45, 2.75) is 50.8 Å². The minimum atomic E-state index is -3.54.